The summed E-state index contributed by atoms with van der Waals surface area (Å²) in [7, 11) is 0. The molecule has 0 bridgehead atoms. The van der Waals surface area contributed by atoms with E-state index in [4.69, 9.17) is 9.26 Å². The number of nitrogens with zero attached hydrogens (tertiary/aromatic N) is 3. The van der Waals surface area contributed by atoms with Crippen LogP contribution in [0.2, 0.25) is 0 Å². The van der Waals surface area contributed by atoms with Gasteiger partial charge in [0.25, 0.3) is 0 Å². The summed E-state index contributed by atoms with van der Waals surface area (Å²) in [4.78, 5) is 19.4. The van der Waals surface area contributed by atoms with Gasteiger partial charge in [0.1, 0.15) is 0 Å². The summed E-state index contributed by atoms with van der Waals surface area (Å²) in [5, 5.41) is 7.17. The van der Waals surface area contributed by atoms with Gasteiger partial charge in [0.15, 0.2) is 0 Å². The van der Waals surface area contributed by atoms with Crippen molar-refractivity contribution in [2.45, 2.75) is 38.6 Å². The standard InChI is InChI=1S/C26H32N4O3/c1-19(2)20-8-10-22(11-9-20)26-28-25(33-29-26)13-12-24(31)27-18-23(21-6-4-3-5-7-21)30-14-16-32-17-15-30/h3-11,19,23H,12-18H2,1-2H3,(H,27,31). The molecule has 1 N–H and O–H groups in total. The van der Waals surface area contributed by atoms with Crippen LogP contribution in [0, 0.1) is 0 Å². The minimum Gasteiger partial charge on any atom is -0.379 e. The maximum Gasteiger partial charge on any atom is 0.227 e. The molecule has 1 aliphatic rings. The van der Waals surface area contributed by atoms with E-state index < -0.39 is 0 Å². The fraction of sp³-hybridized carbons (Fsp3) is 0.423. The Bertz CT molecular complexity index is 1010. The average Bonchev–Trinajstić information content (AvgIpc) is 3.33. The number of aryl methyl sites for hydroxylation is 1. The third-order valence-electron chi connectivity index (χ3n) is 6.03. The van der Waals surface area contributed by atoms with Gasteiger partial charge >= 0.3 is 0 Å². The molecular weight excluding hydrogens is 416 g/mol. The zero-order valence-electron chi connectivity index (χ0n) is 19.4. The second-order valence-electron chi connectivity index (χ2n) is 8.67. The zero-order valence-corrected chi connectivity index (χ0v) is 19.4. The van der Waals surface area contributed by atoms with Gasteiger partial charge in [-0.2, -0.15) is 4.98 Å². The minimum absolute atomic E-state index is 0.0229. The Kier molecular flexibility index (Phi) is 7.86. The van der Waals surface area contributed by atoms with Crippen LogP contribution < -0.4 is 5.32 Å². The number of rotatable bonds is 9. The molecule has 0 spiro atoms. The van der Waals surface area contributed by atoms with Crippen molar-refractivity contribution in [3.8, 4) is 11.4 Å². The lowest BCUT2D eigenvalue weighted by atomic mass is 10.0. The Hall–Kier alpha value is -3.03. The molecule has 0 radical (unpaired) electrons. The monoisotopic (exact) mass is 448 g/mol. The molecule has 7 heteroatoms. The summed E-state index contributed by atoms with van der Waals surface area (Å²) >= 11 is 0. The van der Waals surface area contributed by atoms with Crippen LogP contribution in [0.3, 0.4) is 0 Å². The molecule has 33 heavy (non-hydrogen) atoms. The van der Waals surface area contributed by atoms with Gasteiger partial charge in [0, 0.05) is 38.0 Å². The van der Waals surface area contributed by atoms with E-state index in [1.165, 1.54) is 11.1 Å². The largest absolute Gasteiger partial charge is 0.379 e. The molecule has 1 aromatic heterocycles. The first-order chi connectivity index (χ1) is 16.1. The Morgan fingerprint density at radius 3 is 2.45 bits per heavy atom. The third-order valence-corrected chi connectivity index (χ3v) is 6.03. The van der Waals surface area contributed by atoms with Gasteiger partial charge in [-0.05, 0) is 17.0 Å². The van der Waals surface area contributed by atoms with Gasteiger partial charge in [-0.3, -0.25) is 9.69 Å². The maximum absolute atomic E-state index is 12.6. The zero-order chi connectivity index (χ0) is 23.0. The predicted octanol–water partition coefficient (Wildman–Crippen LogP) is 3.98. The van der Waals surface area contributed by atoms with Gasteiger partial charge in [0.2, 0.25) is 17.6 Å². The SMILES string of the molecule is CC(C)c1ccc(-c2noc(CCC(=O)NCC(c3ccccc3)N3CCOCC3)n2)cc1. The van der Waals surface area contributed by atoms with E-state index in [1.807, 2.05) is 30.3 Å². The van der Waals surface area contributed by atoms with E-state index in [2.05, 4.69) is 58.5 Å². The van der Waals surface area contributed by atoms with E-state index in [9.17, 15) is 4.79 Å². The average molecular weight is 449 g/mol. The molecule has 1 unspecified atom stereocenters. The number of ether oxygens (including phenoxy) is 1. The van der Waals surface area contributed by atoms with E-state index in [0.717, 1.165) is 31.9 Å². The number of benzene rings is 2. The van der Waals surface area contributed by atoms with Crippen molar-refractivity contribution in [1.29, 1.82) is 0 Å². The predicted molar refractivity (Wildman–Crippen MR) is 127 cm³/mol. The third kappa shape index (κ3) is 6.27. The smallest absolute Gasteiger partial charge is 0.227 e. The molecule has 1 atom stereocenters. The highest BCUT2D eigenvalue weighted by atomic mass is 16.5. The molecule has 1 fully saturated rings. The number of morpholine rings is 1. The first-order valence-electron chi connectivity index (χ1n) is 11.7. The van der Waals surface area contributed by atoms with Crippen molar-refractivity contribution in [3.63, 3.8) is 0 Å². The van der Waals surface area contributed by atoms with Crippen LogP contribution in [0.15, 0.2) is 59.1 Å². The molecule has 0 saturated carbocycles. The van der Waals surface area contributed by atoms with Crippen LogP contribution in [0.25, 0.3) is 11.4 Å². The van der Waals surface area contributed by atoms with E-state index in [1.54, 1.807) is 0 Å². The first-order valence-corrected chi connectivity index (χ1v) is 11.7. The molecule has 4 rings (SSSR count). The lowest BCUT2D eigenvalue weighted by Crippen LogP contribution is -2.43. The van der Waals surface area contributed by atoms with Crippen LogP contribution in [0.1, 0.15) is 49.2 Å². The van der Waals surface area contributed by atoms with Crippen LogP contribution in [-0.4, -0.2) is 53.8 Å². The molecule has 7 nitrogen and oxygen atoms in total. The van der Waals surface area contributed by atoms with Crippen molar-refractivity contribution < 1.29 is 14.1 Å². The fourth-order valence-corrected chi connectivity index (χ4v) is 4.03. The molecule has 1 aliphatic heterocycles. The summed E-state index contributed by atoms with van der Waals surface area (Å²) in [5.74, 6) is 1.48. The second-order valence-corrected chi connectivity index (χ2v) is 8.67. The highest BCUT2D eigenvalue weighted by Crippen LogP contribution is 2.22. The number of hydrogen-bond acceptors (Lipinski definition) is 6. The lowest BCUT2D eigenvalue weighted by molar-refractivity contribution is -0.121. The highest BCUT2D eigenvalue weighted by molar-refractivity contribution is 5.76. The van der Waals surface area contributed by atoms with Crippen LogP contribution in [-0.2, 0) is 16.0 Å². The van der Waals surface area contributed by atoms with Crippen molar-refractivity contribution in [3.05, 3.63) is 71.6 Å². The maximum atomic E-state index is 12.6. The Morgan fingerprint density at radius 1 is 1.03 bits per heavy atom. The molecule has 1 saturated heterocycles. The number of carbonyl (C=O) groups excluding carboxylic acids is 1. The number of aromatic nitrogens is 2. The van der Waals surface area contributed by atoms with Crippen molar-refractivity contribution >= 4 is 5.91 Å². The molecule has 3 aromatic rings. The summed E-state index contributed by atoms with van der Waals surface area (Å²) in [6, 6.07) is 18.6. The van der Waals surface area contributed by atoms with E-state index in [-0.39, 0.29) is 11.9 Å². The summed E-state index contributed by atoms with van der Waals surface area (Å²) in [5.41, 5.74) is 3.38. The molecule has 1 amide bonds. The Balaban J connectivity index is 1.30. The quantitative estimate of drug-likeness (QED) is 0.533. The summed E-state index contributed by atoms with van der Waals surface area (Å²) < 4.78 is 10.9. The molecule has 2 aromatic carbocycles. The van der Waals surface area contributed by atoms with E-state index >= 15 is 0 Å². The lowest BCUT2D eigenvalue weighted by Gasteiger charge is -2.35. The topological polar surface area (TPSA) is 80.5 Å². The Morgan fingerprint density at radius 2 is 1.76 bits per heavy atom. The normalized spacial score (nSPS) is 15.5. The van der Waals surface area contributed by atoms with Gasteiger partial charge in [-0.15, -0.1) is 0 Å². The highest BCUT2D eigenvalue weighted by Gasteiger charge is 2.23. The minimum atomic E-state index is -0.0229. The van der Waals surface area contributed by atoms with Gasteiger partial charge in [-0.1, -0.05) is 73.6 Å². The Labute approximate surface area is 195 Å². The molecular formula is C26H32N4O3. The number of nitrogens with one attached hydrogen (secondary N) is 1. The second kappa shape index (κ2) is 11.2. The van der Waals surface area contributed by atoms with Gasteiger partial charge in [0.05, 0.1) is 19.3 Å². The van der Waals surface area contributed by atoms with Gasteiger partial charge < -0.3 is 14.6 Å². The van der Waals surface area contributed by atoms with E-state index in [0.29, 0.717) is 37.0 Å². The number of amides is 1. The number of carbonyl (C=O) groups is 1. The van der Waals surface area contributed by atoms with Crippen LogP contribution in [0.5, 0.6) is 0 Å². The summed E-state index contributed by atoms with van der Waals surface area (Å²) in [6.45, 7) is 8.04. The first kappa shape index (κ1) is 23.1. The van der Waals surface area contributed by atoms with Crippen LogP contribution >= 0.6 is 0 Å². The fourth-order valence-electron chi connectivity index (χ4n) is 4.03. The molecule has 0 aliphatic carbocycles. The van der Waals surface area contributed by atoms with Crippen molar-refractivity contribution in [2.75, 3.05) is 32.8 Å². The molecule has 174 valence electrons. The number of hydrogen-bond donors (Lipinski definition) is 1. The van der Waals surface area contributed by atoms with Crippen molar-refractivity contribution in [2.24, 2.45) is 0 Å². The molecule has 2 heterocycles. The van der Waals surface area contributed by atoms with Crippen molar-refractivity contribution in [1.82, 2.24) is 20.4 Å². The summed E-state index contributed by atoms with van der Waals surface area (Å²) in [6.07, 6.45) is 0.717. The van der Waals surface area contributed by atoms with Crippen LogP contribution in [0.4, 0.5) is 0 Å². The van der Waals surface area contributed by atoms with Gasteiger partial charge in [-0.25, -0.2) is 0 Å².